The van der Waals surface area contributed by atoms with Crippen LogP contribution in [-0.2, 0) is 16.1 Å². The van der Waals surface area contributed by atoms with Crippen molar-refractivity contribution in [1.29, 1.82) is 0 Å². The van der Waals surface area contributed by atoms with E-state index in [1.807, 2.05) is 0 Å². The Morgan fingerprint density at radius 2 is 2.35 bits per heavy atom. The molecule has 5 heteroatoms. The first-order chi connectivity index (χ1) is 9.79. The normalized spacial score (nSPS) is 25.9. The highest BCUT2D eigenvalue weighted by Gasteiger charge is 2.41. The molecule has 3 rings (SSSR count). The van der Waals surface area contributed by atoms with Crippen molar-refractivity contribution in [2.45, 2.75) is 38.4 Å². The lowest BCUT2D eigenvalue weighted by Crippen LogP contribution is -2.46. The third-order valence-corrected chi connectivity index (χ3v) is 4.90. The second-order valence-electron chi connectivity index (χ2n) is 5.58. The molecule has 0 aromatic carbocycles. The molecule has 110 valence electrons. The molecule has 1 aromatic rings. The second-order valence-corrected chi connectivity index (χ2v) is 6.62. The molecule has 4 nitrogen and oxygen atoms in total. The Bertz CT molecular complexity index is 445. The van der Waals surface area contributed by atoms with E-state index in [0.29, 0.717) is 19.3 Å². The van der Waals surface area contributed by atoms with E-state index >= 15 is 0 Å². The molecule has 2 heterocycles. The Balaban J connectivity index is 1.69. The largest absolute Gasteiger partial charge is 0.379 e. The lowest BCUT2D eigenvalue weighted by Gasteiger charge is -2.27. The maximum Gasteiger partial charge on any atom is 0.230 e. The van der Waals surface area contributed by atoms with Gasteiger partial charge in [0.15, 0.2) is 0 Å². The van der Waals surface area contributed by atoms with Crippen LogP contribution < -0.4 is 5.32 Å². The summed E-state index contributed by atoms with van der Waals surface area (Å²) in [7, 11) is 0. The molecule has 2 fully saturated rings. The molecule has 2 aliphatic rings. The molecule has 20 heavy (non-hydrogen) atoms. The van der Waals surface area contributed by atoms with E-state index in [4.69, 9.17) is 4.74 Å². The zero-order valence-electron chi connectivity index (χ0n) is 11.9. The molecule has 0 spiro atoms. The van der Waals surface area contributed by atoms with Gasteiger partial charge < -0.3 is 15.0 Å². The van der Waals surface area contributed by atoms with Crippen LogP contribution in [0.3, 0.4) is 0 Å². The highest BCUT2D eigenvalue weighted by atomic mass is 32.1. The predicted octanol–water partition coefficient (Wildman–Crippen LogP) is 1.86. The number of rotatable bonds is 6. The number of nitrogens with zero attached hydrogens (tertiary/aromatic N) is 1. The van der Waals surface area contributed by atoms with E-state index in [1.165, 1.54) is 4.88 Å². The van der Waals surface area contributed by atoms with Crippen molar-refractivity contribution >= 4 is 17.2 Å². The summed E-state index contributed by atoms with van der Waals surface area (Å²) in [6, 6.07) is 4.79. The van der Waals surface area contributed by atoms with Crippen LogP contribution in [0.15, 0.2) is 17.5 Å². The van der Waals surface area contributed by atoms with Gasteiger partial charge in [-0.2, -0.15) is 0 Å². The Kier molecular flexibility index (Phi) is 4.38. The SMILES string of the molecule is CCNC1COCC1C(=O)N(Cc1cccs1)C1CC1. The van der Waals surface area contributed by atoms with Crippen LogP contribution in [0.5, 0.6) is 0 Å². The average Bonchev–Trinajstić information content (AvgIpc) is 2.97. The molecule has 1 saturated carbocycles. The van der Waals surface area contributed by atoms with Crippen molar-refractivity contribution in [3.8, 4) is 0 Å². The first-order valence-corrected chi connectivity index (χ1v) is 8.31. The van der Waals surface area contributed by atoms with Crippen LogP contribution in [0.4, 0.5) is 0 Å². The minimum Gasteiger partial charge on any atom is -0.379 e. The van der Waals surface area contributed by atoms with Crippen LogP contribution in [0.1, 0.15) is 24.6 Å². The maximum absolute atomic E-state index is 12.8. The molecule has 2 unspecified atom stereocenters. The molecule has 1 aliphatic carbocycles. The van der Waals surface area contributed by atoms with Crippen molar-refractivity contribution in [2.75, 3.05) is 19.8 Å². The molecule has 1 aromatic heterocycles. The summed E-state index contributed by atoms with van der Waals surface area (Å²) in [6.45, 7) is 4.93. The third-order valence-electron chi connectivity index (χ3n) is 4.04. The first kappa shape index (κ1) is 14.0. The highest BCUT2D eigenvalue weighted by molar-refractivity contribution is 7.09. The highest BCUT2D eigenvalue weighted by Crippen LogP contribution is 2.32. The standard InChI is InChI=1S/C15H22N2O2S/c1-2-16-14-10-19-9-13(14)15(18)17(11-5-6-11)8-12-4-3-7-20-12/h3-4,7,11,13-14,16H,2,5-6,8-10H2,1H3. The summed E-state index contributed by atoms with van der Waals surface area (Å²) in [5.74, 6) is 0.250. The average molecular weight is 294 g/mol. The van der Waals surface area contributed by atoms with Crippen LogP contribution >= 0.6 is 11.3 Å². The van der Waals surface area contributed by atoms with Crippen LogP contribution in [0, 0.1) is 5.92 Å². The lowest BCUT2D eigenvalue weighted by molar-refractivity contribution is -0.137. The Morgan fingerprint density at radius 3 is 3.00 bits per heavy atom. The lowest BCUT2D eigenvalue weighted by atomic mass is 10.0. The minimum absolute atomic E-state index is 0.0180. The van der Waals surface area contributed by atoms with E-state index < -0.39 is 0 Å². The van der Waals surface area contributed by atoms with Gasteiger partial charge in [0.25, 0.3) is 0 Å². The molecule has 1 N–H and O–H groups in total. The number of thiophene rings is 1. The molecule has 2 atom stereocenters. The van der Waals surface area contributed by atoms with Crippen LogP contribution in [0.25, 0.3) is 0 Å². The van der Waals surface area contributed by atoms with Gasteiger partial charge in [0, 0.05) is 17.0 Å². The van der Waals surface area contributed by atoms with E-state index in [0.717, 1.165) is 25.9 Å². The van der Waals surface area contributed by atoms with Gasteiger partial charge in [-0.3, -0.25) is 4.79 Å². The summed E-state index contributed by atoms with van der Waals surface area (Å²) < 4.78 is 5.52. The summed E-state index contributed by atoms with van der Waals surface area (Å²) in [4.78, 5) is 16.2. The Morgan fingerprint density at radius 1 is 1.50 bits per heavy atom. The number of hydrogen-bond donors (Lipinski definition) is 1. The second kappa shape index (κ2) is 6.24. The molecule has 1 aliphatic heterocycles. The summed E-state index contributed by atoms with van der Waals surface area (Å²) in [5, 5.41) is 5.45. The molecule has 1 amide bonds. The molecular weight excluding hydrogens is 272 g/mol. The van der Waals surface area contributed by atoms with Crippen molar-refractivity contribution in [1.82, 2.24) is 10.2 Å². The fourth-order valence-corrected chi connectivity index (χ4v) is 3.52. The van der Waals surface area contributed by atoms with Gasteiger partial charge in [0.2, 0.25) is 5.91 Å². The van der Waals surface area contributed by atoms with Gasteiger partial charge >= 0.3 is 0 Å². The number of hydrogen-bond acceptors (Lipinski definition) is 4. The molecule has 0 radical (unpaired) electrons. The summed E-state index contributed by atoms with van der Waals surface area (Å²) in [6.07, 6.45) is 2.30. The van der Waals surface area contributed by atoms with Gasteiger partial charge in [0.05, 0.1) is 25.7 Å². The molecular formula is C15H22N2O2S. The van der Waals surface area contributed by atoms with E-state index in [2.05, 4.69) is 34.7 Å². The Labute approximate surface area is 124 Å². The number of carbonyl (C=O) groups excluding carboxylic acids is 1. The predicted molar refractivity (Wildman–Crippen MR) is 79.7 cm³/mol. The zero-order chi connectivity index (χ0) is 13.9. The third kappa shape index (κ3) is 3.05. The topological polar surface area (TPSA) is 41.6 Å². The van der Waals surface area contributed by atoms with Crippen molar-refractivity contribution in [2.24, 2.45) is 5.92 Å². The van der Waals surface area contributed by atoms with Crippen LogP contribution in [-0.4, -0.2) is 42.6 Å². The number of carbonyl (C=O) groups is 1. The van der Waals surface area contributed by atoms with Crippen LogP contribution in [0.2, 0.25) is 0 Å². The quantitative estimate of drug-likeness (QED) is 0.871. The van der Waals surface area contributed by atoms with E-state index in [9.17, 15) is 4.79 Å². The fourth-order valence-electron chi connectivity index (χ4n) is 2.82. The van der Waals surface area contributed by atoms with Gasteiger partial charge in [0.1, 0.15) is 0 Å². The smallest absolute Gasteiger partial charge is 0.230 e. The summed E-state index contributed by atoms with van der Waals surface area (Å²) in [5.41, 5.74) is 0. The van der Waals surface area contributed by atoms with E-state index in [-0.39, 0.29) is 17.9 Å². The zero-order valence-corrected chi connectivity index (χ0v) is 12.7. The number of likely N-dealkylation sites (N-methyl/N-ethyl adjacent to an activating group) is 1. The maximum atomic E-state index is 12.8. The molecule has 0 bridgehead atoms. The van der Waals surface area contributed by atoms with Gasteiger partial charge in [-0.1, -0.05) is 13.0 Å². The van der Waals surface area contributed by atoms with Crippen molar-refractivity contribution in [3.05, 3.63) is 22.4 Å². The number of ether oxygens (including phenoxy) is 1. The Hall–Kier alpha value is -0.910. The number of amides is 1. The minimum atomic E-state index is -0.0180. The number of nitrogens with one attached hydrogen (secondary N) is 1. The first-order valence-electron chi connectivity index (χ1n) is 7.43. The fraction of sp³-hybridized carbons (Fsp3) is 0.667. The van der Waals surface area contributed by atoms with Gasteiger partial charge in [-0.05, 0) is 30.8 Å². The monoisotopic (exact) mass is 294 g/mol. The van der Waals surface area contributed by atoms with E-state index in [1.54, 1.807) is 11.3 Å². The van der Waals surface area contributed by atoms with Gasteiger partial charge in [-0.25, -0.2) is 0 Å². The van der Waals surface area contributed by atoms with Gasteiger partial charge in [-0.15, -0.1) is 11.3 Å². The molecule has 1 saturated heterocycles. The van der Waals surface area contributed by atoms with Crippen molar-refractivity contribution in [3.63, 3.8) is 0 Å². The summed E-state index contributed by atoms with van der Waals surface area (Å²) >= 11 is 1.73. The van der Waals surface area contributed by atoms with Crippen molar-refractivity contribution < 1.29 is 9.53 Å².